The molecule has 0 aliphatic carbocycles. The summed E-state index contributed by atoms with van der Waals surface area (Å²) in [6.07, 6.45) is 0.886. The summed E-state index contributed by atoms with van der Waals surface area (Å²) in [7, 11) is 0. The molecule has 0 unspecified atom stereocenters. The first-order valence-electron chi connectivity index (χ1n) is 8.27. The van der Waals surface area contributed by atoms with Crippen molar-refractivity contribution < 1.29 is 14.4 Å². The molecular weight excluding hydrogens is 316 g/mol. The lowest BCUT2D eigenvalue weighted by Crippen LogP contribution is -2.41. The van der Waals surface area contributed by atoms with Crippen molar-refractivity contribution in [1.82, 2.24) is 10.2 Å². The van der Waals surface area contributed by atoms with Crippen molar-refractivity contribution in [2.24, 2.45) is 0 Å². The molecule has 1 aliphatic rings. The fourth-order valence-electron chi connectivity index (χ4n) is 2.97. The largest absolute Gasteiger partial charge is 0.325 e. The number of urea groups is 1. The average molecular weight is 336 g/mol. The highest BCUT2D eigenvalue weighted by molar-refractivity contribution is 6.11. The highest BCUT2D eigenvalue weighted by Crippen LogP contribution is 2.28. The van der Waals surface area contributed by atoms with E-state index in [1.165, 1.54) is 0 Å². The second kappa shape index (κ2) is 6.51. The van der Waals surface area contributed by atoms with E-state index < -0.39 is 17.5 Å². The van der Waals surface area contributed by atoms with E-state index in [-0.39, 0.29) is 12.3 Å². The summed E-state index contributed by atoms with van der Waals surface area (Å²) in [6, 6.07) is 15.7. The van der Waals surface area contributed by atoms with Crippen molar-refractivity contribution in [3.05, 3.63) is 71.3 Å². The summed E-state index contributed by atoms with van der Waals surface area (Å²) >= 11 is 0. The number of Topliss-reactive ketones (excluding diaryl/α,β-unsaturated/α-hetero) is 1. The van der Waals surface area contributed by atoms with Crippen LogP contribution in [-0.2, 0) is 16.8 Å². The molecule has 1 atom stereocenters. The predicted molar refractivity (Wildman–Crippen MR) is 94.2 cm³/mol. The van der Waals surface area contributed by atoms with Crippen LogP contribution >= 0.6 is 0 Å². The number of rotatable bonds is 5. The number of hydrogen-bond donors (Lipinski definition) is 1. The van der Waals surface area contributed by atoms with Crippen LogP contribution in [0.5, 0.6) is 0 Å². The first-order chi connectivity index (χ1) is 12.0. The number of carbonyl (C=O) groups excluding carboxylic acids is 3. The van der Waals surface area contributed by atoms with Crippen molar-refractivity contribution in [2.45, 2.75) is 25.8 Å². The second-order valence-electron chi connectivity index (χ2n) is 6.29. The van der Waals surface area contributed by atoms with Crippen molar-refractivity contribution in [3.63, 3.8) is 0 Å². The molecule has 3 amide bonds. The van der Waals surface area contributed by atoms with Gasteiger partial charge in [0.1, 0.15) is 5.54 Å². The zero-order chi connectivity index (χ0) is 18.0. The van der Waals surface area contributed by atoms with Gasteiger partial charge in [-0.05, 0) is 24.5 Å². The number of amides is 3. The van der Waals surface area contributed by atoms with Crippen LogP contribution in [-0.4, -0.2) is 29.2 Å². The van der Waals surface area contributed by atoms with E-state index in [0.717, 1.165) is 16.9 Å². The van der Waals surface area contributed by atoms with Gasteiger partial charge in [-0.3, -0.25) is 14.5 Å². The van der Waals surface area contributed by atoms with Gasteiger partial charge in [0.2, 0.25) is 0 Å². The second-order valence-corrected chi connectivity index (χ2v) is 6.29. The Balaban J connectivity index is 1.80. The molecule has 0 radical (unpaired) electrons. The maximum Gasteiger partial charge on any atom is 0.325 e. The third kappa shape index (κ3) is 3.05. The fourth-order valence-corrected chi connectivity index (χ4v) is 2.97. The number of nitrogens with zero attached hydrogens (tertiary/aromatic N) is 1. The van der Waals surface area contributed by atoms with Crippen LogP contribution in [0.4, 0.5) is 4.79 Å². The number of imide groups is 1. The quantitative estimate of drug-likeness (QED) is 0.674. The monoisotopic (exact) mass is 336 g/mol. The molecule has 1 saturated heterocycles. The molecule has 0 bridgehead atoms. The Labute approximate surface area is 146 Å². The van der Waals surface area contributed by atoms with Crippen LogP contribution in [0.15, 0.2) is 54.6 Å². The van der Waals surface area contributed by atoms with E-state index in [9.17, 15) is 14.4 Å². The highest BCUT2D eigenvalue weighted by Gasteiger charge is 2.49. The van der Waals surface area contributed by atoms with E-state index in [4.69, 9.17) is 0 Å². The third-order valence-corrected chi connectivity index (χ3v) is 4.61. The van der Waals surface area contributed by atoms with Crippen LogP contribution in [0.25, 0.3) is 0 Å². The van der Waals surface area contributed by atoms with Gasteiger partial charge in [0.05, 0.1) is 6.54 Å². The smallest absolute Gasteiger partial charge is 0.319 e. The molecule has 2 aromatic carbocycles. The Morgan fingerprint density at radius 3 is 2.28 bits per heavy atom. The molecule has 128 valence electrons. The summed E-state index contributed by atoms with van der Waals surface area (Å²) in [6.45, 7) is 3.43. The fraction of sp³-hybridized carbons (Fsp3) is 0.250. The third-order valence-electron chi connectivity index (χ3n) is 4.61. The van der Waals surface area contributed by atoms with Crippen LogP contribution in [0.2, 0.25) is 0 Å². The summed E-state index contributed by atoms with van der Waals surface area (Å²) in [5, 5.41) is 2.71. The zero-order valence-electron chi connectivity index (χ0n) is 14.3. The van der Waals surface area contributed by atoms with Crippen molar-refractivity contribution >= 4 is 17.7 Å². The molecule has 0 aromatic heterocycles. The number of nitrogens with one attached hydrogen (secondary N) is 1. The Hall–Kier alpha value is -2.95. The minimum atomic E-state index is -1.15. The molecule has 25 heavy (non-hydrogen) atoms. The molecule has 1 N–H and O–H groups in total. The van der Waals surface area contributed by atoms with Gasteiger partial charge in [0.15, 0.2) is 5.78 Å². The van der Waals surface area contributed by atoms with Gasteiger partial charge in [0, 0.05) is 5.56 Å². The summed E-state index contributed by atoms with van der Waals surface area (Å²) in [5.74, 6) is -0.675. The van der Waals surface area contributed by atoms with Crippen LogP contribution < -0.4 is 5.32 Å². The zero-order valence-corrected chi connectivity index (χ0v) is 14.3. The number of aryl methyl sites for hydroxylation is 1. The normalized spacial score (nSPS) is 19.8. The van der Waals surface area contributed by atoms with Gasteiger partial charge in [-0.2, -0.15) is 0 Å². The number of hydrogen-bond acceptors (Lipinski definition) is 3. The topological polar surface area (TPSA) is 66.5 Å². The van der Waals surface area contributed by atoms with Gasteiger partial charge in [-0.25, -0.2) is 4.79 Å². The van der Waals surface area contributed by atoms with E-state index >= 15 is 0 Å². The van der Waals surface area contributed by atoms with Crippen molar-refractivity contribution in [2.75, 3.05) is 6.54 Å². The van der Waals surface area contributed by atoms with E-state index in [2.05, 4.69) is 5.32 Å². The number of benzene rings is 2. The van der Waals surface area contributed by atoms with Gasteiger partial charge in [-0.1, -0.05) is 61.5 Å². The first-order valence-corrected chi connectivity index (χ1v) is 8.27. The van der Waals surface area contributed by atoms with Gasteiger partial charge >= 0.3 is 6.03 Å². The standard InChI is InChI=1S/C20H20N2O3/c1-3-14-9-11-15(12-10-14)17(23)13-22-18(24)20(2,21-19(22)25)16-7-5-4-6-8-16/h4-12H,3,13H2,1-2H3,(H,21,25)/t20-/m0/s1. The Morgan fingerprint density at radius 1 is 1.04 bits per heavy atom. The maximum atomic E-state index is 12.8. The van der Waals surface area contributed by atoms with Crippen molar-refractivity contribution in [3.8, 4) is 0 Å². The van der Waals surface area contributed by atoms with E-state index in [1.807, 2.05) is 37.3 Å². The average Bonchev–Trinajstić information content (AvgIpc) is 2.86. The van der Waals surface area contributed by atoms with Crippen LogP contribution in [0.1, 0.15) is 35.3 Å². The Kier molecular flexibility index (Phi) is 4.40. The molecule has 5 heteroatoms. The highest BCUT2D eigenvalue weighted by atomic mass is 16.2. The lowest BCUT2D eigenvalue weighted by molar-refractivity contribution is -0.130. The van der Waals surface area contributed by atoms with Crippen LogP contribution in [0, 0.1) is 0 Å². The van der Waals surface area contributed by atoms with E-state index in [0.29, 0.717) is 11.1 Å². The molecule has 5 nitrogen and oxygen atoms in total. The lowest BCUT2D eigenvalue weighted by atomic mass is 9.92. The first kappa shape index (κ1) is 16.9. The Bertz CT molecular complexity index is 815. The van der Waals surface area contributed by atoms with Gasteiger partial charge in [-0.15, -0.1) is 0 Å². The summed E-state index contributed by atoms with van der Waals surface area (Å²) in [4.78, 5) is 38.5. The Morgan fingerprint density at radius 2 is 1.68 bits per heavy atom. The SMILES string of the molecule is CCc1ccc(C(=O)CN2C(=O)N[C@@](C)(c3ccccc3)C2=O)cc1. The molecule has 1 fully saturated rings. The molecule has 0 spiro atoms. The number of ketones is 1. The van der Waals surface area contributed by atoms with E-state index in [1.54, 1.807) is 31.2 Å². The maximum absolute atomic E-state index is 12.8. The van der Waals surface area contributed by atoms with Crippen molar-refractivity contribution in [1.29, 1.82) is 0 Å². The predicted octanol–water partition coefficient (Wildman–Crippen LogP) is 2.90. The molecule has 2 aromatic rings. The van der Waals surface area contributed by atoms with Crippen LogP contribution in [0.3, 0.4) is 0 Å². The number of carbonyl (C=O) groups is 3. The minimum absolute atomic E-state index is 0.261. The molecule has 1 aliphatic heterocycles. The molecule has 1 heterocycles. The van der Waals surface area contributed by atoms with Gasteiger partial charge in [0.25, 0.3) is 5.91 Å². The van der Waals surface area contributed by atoms with Gasteiger partial charge < -0.3 is 5.32 Å². The molecule has 3 rings (SSSR count). The summed E-state index contributed by atoms with van der Waals surface area (Å²) in [5.41, 5.74) is 1.16. The molecular formula is C20H20N2O3. The summed E-state index contributed by atoms with van der Waals surface area (Å²) < 4.78 is 0. The molecule has 0 saturated carbocycles. The lowest BCUT2D eigenvalue weighted by Gasteiger charge is -2.22. The minimum Gasteiger partial charge on any atom is -0.319 e.